The van der Waals surface area contributed by atoms with E-state index in [0.29, 0.717) is 16.7 Å². The normalized spacial score (nSPS) is 17.8. The van der Waals surface area contributed by atoms with Gasteiger partial charge < -0.3 is 9.47 Å². The van der Waals surface area contributed by atoms with Gasteiger partial charge in [0.15, 0.2) is 0 Å². The molecule has 1 aliphatic rings. The molecule has 4 nitrogen and oxygen atoms in total. The number of methoxy groups -OCH3 is 1. The van der Waals surface area contributed by atoms with Crippen LogP contribution in [-0.4, -0.2) is 24.1 Å². The highest BCUT2D eigenvalue weighted by Gasteiger charge is 2.41. The van der Waals surface area contributed by atoms with Crippen LogP contribution in [0.1, 0.15) is 66.2 Å². The lowest BCUT2D eigenvalue weighted by Crippen LogP contribution is -2.32. The summed E-state index contributed by atoms with van der Waals surface area (Å²) in [5.74, 6) is -0.426. The van der Waals surface area contributed by atoms with Gasteiger partial charge in [-0.3, -0.25) is 4.90 Å². The quantitative estimate of drug-likeness (QED) is 0.301. The standard InChI is InChI=1S/C30H31F4NO3/c1-16(2)24-13-25(27(37-6)14-26(24)31)23-10-8-21(30(32,33)34)12-20(23)15-35-19(5)28(38-29(35)36)22-9-7-17(3)11-18(22)4/h7-14,16,19,28H,15H2,1-6H3/t19-,28-/m0/s1. The summed E-state index contributed by atoms with van der Waals surface area (Å²) in [6.45, 7) is 9.25. The molecule has 1 heterocycles. The van der Waals surface area contributed by atoms with Gasteiger partial charge >= 0.3 is 12.3 Å². The Morgan fingerprint density at radius 2 is 1.74 bits per heavy atom. The fraction of sp³-hybridized carbons (Fsp3) is 0.367. The van der Waals surface area contributed by atoms with Crippen LogP contribution in [0.4, 0.5) is 22.4 Å². The Hall–Kier alpha value is -3.55. The summed E-state index contributed by atoms with van der Waals surface area (Å²) >= 11 is 0. The zero-order valence-electron chi connectivity index (χ0n) is 22.2. The molecule has 0 N–H and O–H groups in total. The van der Waals surface area contributed by atoms with Crippen molar-refractivity contribution in [3.8, 4) is 16.9 Å². The average molecular weight is 530 g/mol. The van der Waals surface area contributed by atoms with E-state index in [9.17, 15) is 22.4 Å². The minimum atomic E-state index is -4.58. The van der Waals surface area contributed by atoms with E-state index in [-0.39, 0.29) is 23.8 Å². The van der Waals surface area contributed by atoms with Crippen molar-refractivity contribution in [2.75, 3.05) is 7.11 Å². The van der Waals surface area contributed by atoms with E-state index in [1.54, 1.807) is 6.07 Å². The third-order valence-corrected chi connectivity index (χ3v) is 7.13. The average Bonchev–Trinajstić information content (AvgIpc) is 3.11. The predicted molar refractivity (Wildman–Crippen MR) is 138 cm³/mol. The van der Waals surface area contributed by atoms with Gasteiger partial charge in [-0.1, -0.05) is 43.7 Å². The molecule has 0 saturated carbocycles. The van der Waals surface area contributed by atoms with Crippen LogP contribution in [0.25, 0.3) is 11.1 Å². The molecule has 0 aliphatic carbocycles. The lowest BCUT2D eigenvalue weighted by Gasteiger charge is -2.24. The maximum Gasteiger partial charge on any atom is 0.416 e. The predicted octanol–water partition coefficient (Wildman–Crippen LogP) is 8.34. The molecule has 3 aromatic carbocycles. The van der Waals surface area contributed by atoms with Gasteiger partial charge in [0.05, 0.1) is 25.3 Å². The van der Waals surface area contributed by atoms with Gasteiger partial charge in [-0.25, -0.2) is 9.18 Å². The minimum Gasteiger partial charge on any atom is -0.496 e. The summed E-state index contributed by atoms with van der Waals surface area (Å²) in [5, 5.41) is 0. The maximum atomic E-state index is 14.7. The van der Waals surface area contributed by atoms with Crippen molar-refractivity contribution in [2.45, 2.75) is 65.4 Å². The largest absolute Gasteiger partial charge is 0.496 e. The zero-order valence-corrected chi connectivity index (χ0v) is 22.2. The maximum absolute atomic E-state index is 14.7. The number of nitrogens with zero attached hydrogens (tertiary/aromatic N) is 1. The molecule has 0 unspecified atom stereocenters. The molecule has 4 rings (SSSR count). The summed E-state index contributed by atoms with van der Waals surface area (Å²) in [6.07, 6.45) is -5.76. The smallest absolute Gasteiger partial charge is 0.416 e. The topological polar surface area (TPSA) is 38.8 Å². The number of alkyl halides is 3. The number of ether oxygens (including phenoxy) is 2. The van der Waals surface area contributed by atoms with Gasteiger partial charge in [0, 0.05) is 11.6 Å². The van der Waals surface area contributed by atoms with Crippen LogP contribution in [0.15, 0.2) is 48.5 Å². The molecular formula is C30H31F4NO3. The number of amides is 1. The van der Waals surface area contributed by atoms with Gasteiger partial charge in [-0.2, -0.15) is 13.2 Å². The number of hydrogen-bond acceptors (Lipinski definition) is 3. The highest BCUT2D eigenvalue weighted by Crippen LogP contribution is 2.41. The van der Waals surface area contributed by atoms with Crippen molar-refractivity contribution in [1.82, 2.24) is 4.90 Å². The number of carbonyl (C=O) groups excluding carboxylic acids is 1. The molecule has 0 radical (unpaired) electrons. The van der Waals surface area contributed by atoms with Gasteiger partial charge in [-0.15, -0.1) is 0 Å². The SMILES string of the molecule is COc1cc(F)c(C(C)C)cc1-c1ccc(C(F)(F)F)cc1CN1C(=O)O[C@H](c2ccc(C)cc2C)[C@@H]1C. The van der Waals surface area contributed by atoms with Crippen LogP contribution in [0.3, 0.4) is 0 Å². The summed E-state index contributed by atoms with van der Waals surface area (Å²) in [5.41, 5.74) is 3.59. The molecule has 202 valence electrons. The lowest BCUT2D eigenvalue weighted by molar-refractivity contribution is -0.137. The van der Waals surface area contributed by atoms with Crippen LogP contribution in [0, 0.1) is 19.7 Å². The highest BCUT2D eigenvalue weighted by molar-refractivity contribution is 5.76. The van der Waals surface area contributed by atoms with E-state index < -0.39 is 35.8 Å². The summed E-state index contributed by atoms with van der Waals surface area (Å²) in [6, 6.07) is 11.6. The second-order valence-corrected chi connectivity index (χ2v) is 10.1. The third-order valence-electron chi connectivity index (χ3n) is 7.13. The summed E-state index contributed by atoms with van der Waals surface area (Å²) in [4.78, 5) is 14.4. The molecule has 1 amide bonds. The number of benzene rings is 3. The minimum absolute atomic E-state index is 0.127. The van der Waals surface area contributed by atoms with E-state index in [2.05, 4.69) is 0 Å². The third kappa shape index (κ3) is 5.22. The zero-order chi connectivity index (χ0) is 27.9. The first-order valence-electron chi connectivity index (χ1n) is 12.4. The molecule has 0 spiro atoms. The van der Waals surface area contributed by atoms with Crippen molar-refractivity contribution in [1.29, 1.82) is 0 Å². The molecule has 1 saturated heterocycles. The number of rotatable bonds is 6. The molecule has 0 bridgehead atoms. The molecule has 3 aromatic rings. The van der Waals surface area contributed by atoms with Crippen LogP contribution in [0.2, 0.25) is 0 Å². The van der Waals surface area contributed by atoms with E-state index in [0.717, 1.165) is 28.8 Å². The second kappa shape index (κ2) is 10.3. The monoisotopic (exact) mass is 529 g/mol. The van der Waals surface area contributed by atoms with Crippen molar-refractivity contribution in [3.05, 3.63) is 87.7 Å². The fourth-order valence-electron chi connectivity index (χ4n) is 5.02. The first-order valence-corrected chi connectivity index (χ1v) is 12.4. The molecular weight excluding hydrogens is 498 g/mol. The van der Waals surface area contributed by atoms with Crippen LogP contribution >= 0.6 is 0 Å². The van der Waals surface area contributed by atoms with Crippen molar-refractivity contribution < 1.29 is 31.8 Å². The van der Waals surface area contributed by atoms with Crippen LogP contribution in [-0.2, 0) is 17.5 Å². The Morgan fingerprint density at radius 1 is 1.03 bits per heavy atom. The fourth-order valence-corrected chi connectivity index (χ4v) is 5.02. The van der Waals surface area contributed by atoms with E-state index in [4.69, 9.17) is 9.47 Å². The Balaban J connectivity index is 1.80. The van der Waals surface area contributed by atoms with Crippen molar-refractivity contribution >= 4 is 6.09 Å². The first kappa shape index (κ1) is 27.5. The number of aryl methyl sites for hydroxylation is 2. The molecule has 8 heteroatoms. The Morgan fingerprint density at radius 3 is 2.34 bits per heavy atom. The molecule has 0 aromatic heterocycles. The Labute approximate surface area is 220 Å². The number of carbonyl (C=O) groups is 1. The molecule has 1 fully saturated rings. The van der Waals surface area contributed by atoms with Crippen LogP contribution in [0.5, 0.6) is 5.75 Å². The number of hydrogen-bond donors (Lipinski definition) is 0. The molecule has 2 atom stereocenters. The second-order valence-electron chi connectivity index (χ2n) is 10.1. The van der Waals surface area contributed by atoms with Crippen molar-refractivity contribution in [2.24, 2.45) is 0 Å². The summed E-state index contributed by atoms with van der Waals surface area (Å²) in [7, 11) is 1.38. The van der Waals surface area contributed by atoms with E-state index >= 15 is 0 Å². The first-order chi connectivity index (χ1) is 17.8. The highest BCUT2D eigenvalue weighted by atomic mass is 19.4. The number of cyclic esters (lactones) is 1. The van der Waals surface area contributed by atoms with Crippen molar-refractivity contribution in [3.63, 3.8) is 0 Å². The Bertz CT molecular complexity index is 1370. The van der Waals surface area contributed by atoms with E-state index in [1.165, 1.54) is 24.1 Å². The molecule has 1 aliphatic heterocycles. The lowest BCUT2D eigenvalue weighted by atomic mass is 9.91. The van der Waals surface area contributed by atoms with Crippen LogP contribution < -0.4 is 4.74 Å². The number of halogens is 4. The van der Waals surface area contributed by atoms with Gasteiger partial charge in [0.1, 0.15) is 17.7 Å². The molecule has 38 heavy (non-hydrogen) atoms. The van der Waals surface area contributed by atoms with Gasteiger partial charge in [0.25, 0.3) is 0 Å². The van der Waals surface area contributed by atoms with Gasteiger partial charge in [-0.05, 0) is 72.7 Å². The Kier molecular flexibility index (Phi) is 7.46. The van der Waals surface area contributed by atoms with Gasteiger partial charge in [0.2, 0.25) is 0 Å². The van der Waals surface area contributed by atoms with E-state index in [1.807, 2.05) is 52.8 Å². The summed E-state index contributed by atoms with van der Waals surface area (Å²) < 4.78 is 67.0.